The Morgan fingerprint density at radius 2 is 1.85 bits per heavy atom. The van der Waals surface area contributed by atoms with Gasteiger partial charge in [0.1, 0.15) is 23.0 Å². The lowest BCUT2D eigenvalue weighted by Crippen LogP contribution is -1.97. The van der Waals surface area contributed by atoms with E-state index >= 15 is 0 Å². The molecule has 3 rings (SSSR count). The van der Waals surface area contributed by atoms with Crippen molar-refractivity contribution in [3.63, 3.8) is 0 Å². The van der Waals surface area contributed by atoms with Crippen molar-refractivity contribution in [3.05, 3.63) is 41.2 Å². The summed E-state index contributed by atoms with van der Waals surface area (Å²) < 4.78 is 16.5. The van der Waals surface area contributed by atoms with Crippen LogP contribution in [0.4, 0.5) is 6.01 Å². The number of rotatable bonds is 4. The Bertz CT molecular complexity index is 724. The zero-order chi connectivity index (χ0) is 14.1. The van der Waals surface area contributed by atoms with Crippen LogP contribution in [0.2, 0.25) is 0 Å². The first-order chi connectivity index (χ1) is 9.61. The summed E-state index contributed by atoms with van der Waals surface area (Å²) in [5.74, 6) is 3.71. The SMILES string of the molecule is Cc1ccc(CNc2nnc(-c3cc(C)oc3C)o2)o1. The highest BCUT2D eigenvalue weighted by Crippen LogP contribution is 2.26. The Balaban J connectivity index is 1.72. The second-order valence-electron chi connectivity index (χ2n) is 4.61. The first-order valence-corrected chi connectivity index (χ1v) is 6.32. The lowest BCUT2D eigenvalue weighted by Gasteiger charge is -1.97. The third kappa shape index (κ3) is 2.45. The summed E-state index contributed by atoms with van der Waals surface area (Å²) in [4.78, 5) is 0. The van der Waals surface area contributed by atoms with E-state index in [9.17, 15) is 0 Å². The van der Waals surface area contributed by atoms with Crippen molar-refractivity contribution < 1.29 is 13.3 Å². The largest absolute Gasteiger partial charge is 0.466 e. The monoisotopic (exact) mass is 273 g/mol. The van der Waals surface area contributed by atoms with E-state index in [1.165, 1.54) is 0 Å². The predicted octanol–water partition coefficient (Wildman–Crippen LogP) is 3.46. The summed E-state index contributed by atoms with van der Waals surface area (Å²) in [5, 5.41) is 11.0. The molecular weight excluding hydrogens is 258 g/mol. The lowest BCUT2D eigenvalue weighted by atomic mass is 10.2. The number of hydrogen-bond acceptors (Lipinski definition) is 6. The second-order valence-corrected chi connectivity index (χ2v) is 4.61. The molecule has 0 aliphatic carbocycles. The van der Waals surface area contributed by atoms with Crippen LogP contribution in [0.3, 0.4) is 0 Å². The number of furan rings is 2. The minimum atomic E-state index is 0.354. The molecule has 3 heterocycles. The van der Waals surface area contributed by atoms with Gasteiger partial charge >= 0.3 is 6.01 Å². The molecule has 0 saturated heterocycles. The summed E-state index contributed by atoms with van der Waals surface area (Å²) in [7, 11) is 0. The maximum absolute atomic E-state index is 5.56. The minimum Gasteiger partial charge on any atom is -0.466 e. The van der Waals surface area contributed by atoms with Gasteiger partial charge in [-0.15, -0.1) is 5.10 Å². The minimum absolute atomic E-state index is 0.354. The molecule has 0 aromatic carbocycles. The Hall–Kier alpha value is -2.50. The molecule has 3 aromatic rings. The van der Waals surface area contributed by atoms with Crippen molar-refractivity contribution in [2.75, 3.05) is 5.32 Å². The molecule has 6 nitrogen and oxygen atoms in total. The zero-order valence-corrected chi connectivity index (χ0v) is 11.6. The van der Waals surface area contributed by atoms with E-state index in [0.29, 0.717) is 18.5 Å². The van der Waals surface area contributed by atoms with E-state index < -0.39 is 0 Å². The van der Waals surface area contributed by atoms with Crippen LogP contribution in [0.25, 0.3) is 11.5 Å². The number of anilines is 1. The molecule has 1 N–H and O–H groups in total. The Morgan fingerprint density at radius 3 is 2.50 bits per heavy atom. The van der Waals surface area contributed by atoms with Gasteiger partial charge < -0.3 is 18.6 Å². The van der Waals surface area contributed by atoms with E-state index in [1.807, 2.05) is 39.0 Å². The molecule has 3 aromatic heterocycles. The standard InChI is InChI=1S/C14H15N3O3/c1-8-4-5-11(19-8)7-15-14-17-16-13(20-14)12-6-9(2)18-10(12)3/h4-6H,7H2,1-3H3,(H,15,17). The highest BCUT2D eigenvalue weighted by molar-refractivity contribution is 5.56. The first-order valence-electron chi connectivity index (χ1n) is 6.32. The van der Waals surface area contributed by atoms with Crippen molar-refractivity contribution in [3.8, 4) is 11.5 Å². The van der Waals surface area contributed by atoms with Crippen molar-refractivity contribution in [2.24, 2.45) is 0 Å². The van der Waals surface area contributed by atoms with Gasteiger partial charge in [0.05, 0.1) is 12.1 Å². The maximum Gasteiger partial charge on any atom is 0.316 e. The van der Waals surface area contributed by atoms with Gasteiger partial charge in [-0.25, -0.2) is 0 Å². The highest BCUT2D eigenvalue weighted by atomic mass is 16.4. The fourth-order valence-corrected chi connectivity index (χ4v) is 1.99. The van der Waals surface area contributed by atoms with E-state index in [4.69, 9.17) is 13.3 Å². The maximum atomic E-state index is 5.56. The molecule has 0 bridgehead atoms. The quantitative estimate of drug-likeness (QED) is 0.784. The number of aromatic nitrogens is 2. The molecule has 0 aliphatic heterocycles. The van der Waals surface area contributed by atoms with Gasteiger partial charge in [-0.1, -0.05) is 5.10 Å². The van der Waals surface area contributed by atoms with Crippen LogP contribution in [0, 0.1) is 20.8 Å². The van der Waals surface area contributed by atoms with Crippen LogP contribution in [0.5, 0.6) is 0 Å². The van der Waals surface area contributed by atoms with E-state index in [1.54, 1.807) is 0 Å². The molecule has 0 unspecified atom stereocenters. The van der Waals surface area contributed by atoms with Crippen LogP contribution in [-0.4, -0.2) is 10.2 Å². The highest BCUT2D eigenvalue weighted by Gasteiger charge is 2.14. The fraction of sp³-hybridized carbons (Fsp3) is 0.286. The van der Waals surface area contributed by atoms with Crippen molar-refractivity contribution in [1.82, 2.24) is 10.2 Å². The second kappa shape index (κ2) is 4.88. The molecule has 0 fully saturated rings. The van der Waals surface area contributed by atoms with Gasteiger partial charge in [-0.05, 0) is 39.0 Å². The Morgan fingerprint density at radius 1 is 1.00 bits per heavy atom. The van der Waals surface area contributed by atoms with Gasteiger partial charge in [0.15, 0.2) is 0 Å². The molecule has 0 amide bonds. The van der Waals surface area contributed by atoms with Gasteiger partial charge in [-0.3, -0.25) is 0 Å². The number of aryl methyl sites for hydroxylation is 3. The van der Waals surface area contributed by atoms with E-state index in [2.05, 4.69) is 15.5 Å². The Kier molecular flexibility index (Phi) is 3.06. The summed E-state index contributed by atoms with van der Waals surface area (Å²) >= 11 is 0. The van der Waals surface area contributed by atoms with Crippen LogP contribution < -0.4 is 5.32 Å². The number of nitrogens with one attached hydrogen (secondary N) is 1. The predicted molar refractivity (Wildman–Crippen MR) is 72.2 cm³/mol. The third-order valence-corrected chi connectivity index (χ3v) is 2.91. The molecule has 6 heteroatoms. The zero-order valence-electron chi connectivity index (χ0n) is 11.6. The molecule has 0 spiro atoms. The molecule has 104 valence electrons. The third-order valence-electron chi connectivity index (χ3n) is 2.91. The summed E-state index contributed by atoms with van der Waals surface area (Å²) in [6.07, 6.45) is 0. The number of hydrogen-bond donors (Lipinski definition) is 1. The normalized spacial score (nSPS) is 10.9. The van der Waals surface area contributed by atoms with Gasteiger partial charge in [0, 0.05) is 0 Å². The van der Waals surface area contributed by atoms with Gasteiger partial charge in [-0.2, -0.15) is 0 Å². The molecule has 0 aliphatic rings. The van der Waals surface area contributed by atoms with E-state index in [0.717, 1.165) is 28.6 Å². The average molecular weight is 273 g/mol. The van der Waals surface area contributed by atoms with Crippen molar-refractivity contribution in [2.45, 2.75) is 27.3 Å². The van der Waals surface area contributed by atoms with Crippen LogP contribution >= 0.6 is 0 Å². The molecule has 0 radical (unpaired) electrons. The van der Waals surface area contributed by atoms with E-state index in [-0.39, 0.29) is 0 Å². The molecular formula is C14H15N3O3. The van der Waals surface area contributed by atoms with Gasteiger partial charge in [0.25, 0.3) is 5.89 Å². The van der Waals surface area contributed by atoms with Crippen LogP contribution in [0.15, 0.2) is 31.5 Å². The summed E-state index contributed by atoms with van der Waals surface area (Å²) in [6, 6.07) is 6.05. The number of nitrogens with zero attached hydrogens (tertiary/aromatic N) is 2. The molecule has 0 saturated carbocycles. The van der Waals surface area contributed by atoms with Gasteiger partial charge in [0.2, 0.25) is 0 Å². The average Bonchev–Trinajstić information content (AvgIpc) is 3.08. The fourth-order valence-electron chi connectivity index (χ4n) is 1.99. The Labute approximate surface area is 115 Å². The van der Waals surface area contributed by atoms with Crippen LogP contribution in [0.1, 0.15) is 23.0 Å². The summed E-state index contributed by atoms with van der Waals surface area (Å²) in [6.45, 7) is 6.15. The van der Waals surface area contributed by atoms with Crippen molar-refractivity contribution in [1.29, 1.82) is 0 Å². The topological polar surface area (TPSA) is 77.2 Å². The lowest BCUT2D eigenvalue weighted by molar-refractivity contribution is 0.485. The smallest absolute Gasteiger partial charge is 0.316 e. The van der Waals surface area contributed by atoms with Crippen LogP contribution in [-0.2, 0) is 6.54 Å². The first kappa shape index (κ1) is 12.5. The summed E-state index contributed by atoms with van der Waals surface area (Å²) in [5.41, 5.74) is 0.817. The van der Waals surface area contributed by atoms with Crippen molar-refractivity contribution >= 4 is 6.01 Å². The molecule has 0 atom stereocenters. The molecule has 20 heavy (non-hydrogen) atoms.